The second-order valence-electron chi connectivity index (χ2n) is 5.33. The van der Waals surface area contributed by atoms with Gasteiger partial charge in [0.15, 0.2) is 0 Å². The normalized spacial score (nSPS) is 12.4. The van der Waals surface area contributed by atoms with E-state index in [0.29, 0.717) is 10.9 Å². The van der Waals surface area contributed by atoms with E-state index >= 15 is 0 Å². The quantitative estimate of drug-likeness (QED) is 0.407. The first-order valence-electron chi connectivity index (χ1n) is 7.76. The van der Waals surface area contributed by atoms with Crippen molar-refractivity contribution in [2.45, 2.75) is 25.2 Å². The van der Waals surface area contributed by atoms with Crippen molar-refractivity contribution in [2.24, 2.45) is 0 Å². The van der Waals surface area contributed by atoms with Crippen molar-refractivity contribution in [1.82, 2.24) is 0 Å². The van der Waals surface area contributed by atoms with Crippen LogP contribution in [-0.4, -0.2) is 36.5 Å². The number of carbonyl (C=O) groups excluding carboxylic acids is 1. The molecule has 2 aromatic rings. The van der Waals surface area contributed by atoms with E-state index in [1.165, 1.54) is 19.2 Å². The molecule has 0 heterocycles. The average Bonchev–Trinajstić information content (AvgIpc) is 2.62. The molecule has 0 aromatic heterocycles. The molecule has 6 heteroatoms. The van der Waals surface area contributed by atoms with Gasteiger partial charge in [-0.3, -0.25) is 0 Å². The first-order chi connectivity index (χ1) is 11.9. The van der Waals surface area contributed by atoms with Gasteiger partial charge in [0.25, 0.3) is 0 Å². The molecule has 0 fully saturated rings. The molecule has 2 rings (SSSR count). The van der Waals surface area contributed by atoms with E-state index in [2.05, 4.69) is 0 Å². The number of esters is 1. The maximum atomic E-state index is 13.1. The Hall–Kier alpha value is -1.88. The minimum absolute atomic E-state index is 0.105. The van der Waals surface area contributed by atoms with Crippen molar-refractivity contribution >= 4 is 35.2 Å². The van der Waals surface area contributed by atoms with Crippen molar-refractivity contribution in [2.75, 3.05) is 7.11 Å². The topological polar surface area (TPSA) is 60.4 Å². The van der Waals surface area contributed by atoms with Gasteiger partial charge in [0.05, 0.1) is 0 Å². The van der Waals surface area contributed by atoms with Crippen LogP contribution in [0.25, 0.3) is 0 Å². The molecule has 0 N–H and O–H groups in total. The molecule has 0 aliphatic rings. The van der Waals surface area contributed by atoms with Crippen molar-refractivity contribution < 1.29 is 17.9 Å². The zero-order valence-corrected chi connectivity index (χ0v) is 16.9. The molecule has 25 heavy (non-hydrogen) atoms. The zero-order chi connectivity index (χ0) is 18.4. The fraction of sp³-hybridized carbons (Fsp3) is 0.211. The van der Waals surface area contributed by atoms with E-state index in [1.54, 1.807) is 12.1 Å². The molecule has 0 saturated heterocycles. The number of sulfone groups is 1. The van der Waals surface area contributed by atoms with Crippen LogP contribution in [0.15, 0.2) is 68.9 Å². The van der Waals surface area contributed by atoms with Crippen LogP contribution in [0.5, 0.6) is 0 Å². The van der Waals surface area contributed by atoms with Crippen LogP contribution in [-0.2, 0) is 19.4 Å². The predicted octanol–water partition coefficient (Wildman–Crippen LogP) is 2.59. The molecule has 0 atom stereocenters. The van der Waals surface area contributed by atoms with Gasteiger partial charge in [-0.05, 0) is 0 Å². The van der Waals surface area contributed by atoms with Crippen LogP contribution < -0.4 is 4.46 Å². The van der Waals surface area contributed by atoms with Gasteiger partial charge in [0.2, 0.25) is 0 Å². The number of carbonyl (C=O) groups is 1. The van der Waals surface area contributed by atoms with Gasteiger partial charge in [-0.2, -0.15) is 0 Å². The van der Waals surface area contributed by atoms with E-state index < -0.39 is 15.8 Å². The Kier molecular flexibility index (Phi) is 6.59. The fourth-order valence-electron chi connectivity index (χ4n) is 2.21. The molecule has 0 aliphatic heterocycles. The van der Waals surface area contributed by atoms with Crippen LogP contribution in [0.1, 0.15) is 18.9 Å². The number of aryl methyl sites for hydroxylation is 1. The summed E-state index contributed by atoms with van der Waals surface area (Å²) in [7, 11) is -2.74. The standard InChI is InChI=1S/C19H20O4SSe/c1-4-17(25-16-8-6-5-7-9-16)18(19(20)23-3)24(21,22)15-12-10-14(2)11-13-15/h5-13H,4H2,1-3H3/b18-17+. The van der Waals surface area contributed by atoms with Gasteiger partial charge in [-0.15, -0.1) is 0 Å². The molecule has 0 saturated carbocycles. The number of ether oxygens (including phenoxy) is 1. The molecular formula is C19H20O4SSe. The van der Waals surface area contributed by atoms with Crippen LogP contribution in [0.4, 0.5) is 0 Å². The molecule has 132 valence electrons. The van der Waals surface area contributed by atoms with E-state index in [9.17, 15) is 13.2 Å². The Labute approximate surface area is 155 Å². The molecule has 0 spiro atoms. The summed E-state index contributed by atoms with van der Waals surface area (Å²) in [6.07, 6.45) is 0.463. The molecule has 0 aliphatic carbocycles. The number of rotatable bonds is 6. The summed E-state index contributed by atoms with van der Waals surface area (Å²) >= 11 is -0.280. The van der Waals surface area contributed by atoms with Gasteiger partial charge >= 0.3 is 155 Å². The molecular weight excluding hydrogens is 403 g/mol. The Morgan fingerprint density at radius 2 is 1.64 bits per heavy atom. The van der Waals surface area contributed by atoms with Crippen molar-refractivity contribution in [1.29, 1.82) is 0 Å². The van der Waals surface area contributed by atoms with E-state index in [-0.39, 0.29) is 24.8 Å². The molecule has 0 amide bonds. The van der Waals surface area contributed by atoms with Crippen molar-refractivity contribution in [3.05, 3.63) is 69.5 Å². The van der Waals surface area contributed by atoms with Gasteiger partial charge in [0, 0.05) is 0 Å². The summed E-state index contributed by atoms with van der Waals surface area (Å²) in [4.78, 5) is 12.2. The summed E-state index contributed by atoms with van der Waals surface area (Å²) in [6.45, 7) is 3.73. The summed E-state index contributed by atoms with van der Waals surface area (Å²) < 4.78 is 32.6. The molecule has 0 radical (unpaired) electrons. The summed E-state index contributed by atoms with van der Waals surface area (Å²) in [5.74, 6) is -0.810. The van der Waals surface area contributed by atoms with Crippen LogP contribution in [0, 0.1) is 6.92 Å². The minimum atomic E-state index is -3.94. The molecule has 2 aromatic carbocycles. The zero-order valence-electron chi connectivity index (χ0n) is 14.4. The second-order valence-corrected chi connectivity index (χ2v) is 9.67. The molecule has 0 unspecified atom stereocenters. The molecule has 4 nitrogen and oxygen atoms in total. The Morgan fingerprint density at radius 3 is 2.16 bits per heavy atom. The third-order valence-corrected chi connectivity index (χ3v) is 8.28. The average molecular weight is 423 g/mol. The number of allylic oxidation sites excluding steroid dienone is 1. The van der Waals surface area contributed by atoms with E-state index in [4.69, 9.17) is 4.74 Å². The SMILES string of the molecule is CC/C([Se]c1ccccc1)=C(/C(=O)OC)S(=O)(=O)c1ccc(C)cc1. The second kappa shape index (κ2) is 8.47. The number of hydrogen-bond donors (Lipinski definition) is 0. The first-order valence-corrected chi connectivity index (χ1v) is 11.0. The Bertz CT molecular complexity index is 869. The molecule has 0 bridgehead atoms. The maximum absolute atomic E-state index is 13.1. The fourth-order valence-corrected chi connectivity index (χ4v) is 6.48. The number of methoxy groups -OCH3 is 1. The first kappa shape index (κ1) is 19.4. The van der Waals surface area contributed by atoms with Gasteiger partial charge in [-0.1, -0.05) is 0 Å². The van der Waals surface area contributed by atoms with Crippen molar-refractivity contribution in [3.63, 3.8) is 0 Å². The Morgan fingerprint density at radius 1 is 1.04 bits per heavy atom. The van der Waals surface area contributed by atoms with Crippen LogP contribution in [0.2, 0.25) is 0 Å². The van der Waals surface area contributed by atoms with Gasteiger partial charge < -0.3 is 0 Å². The summed E-state index contributed by atoms with van der Waals surface area (Å²) in [6, 6.07) is 16.1. The van der Waals surface area contributed by atoms with Crippen LogP contribution >= 0.6 is 0 Å². The monoisotopic (exact) mass is 424 g/mol. The predicted molar refractivity (Wildman–Crippen MR) is 99.5 cm³/mol. The van der Waals surface area contributed by atoms with E-state index in [1.807, 2.05) is 44.2 Å². The number of hydrogen-bond acceptors (Lipinski definition) is 4. The third-order valence-electron chi connectivity index (χ3n) is 3.53. The van der Waals surface area contributed by atoms with Gasteiger partial charge in [0.1, 0.15) is 0 Å². The summed E-state index contributed by atoms with van der Waals surface area (Å²) in [5.41, 5.74) is 0.951. The van der Waals surface area contributed by atoms with Crippen LogP contribution in [0.3, 0.4) is 0 Å². The van der Waals surface area contributed by atoms with Crippen molar-refractivity contribution in [3.8, 4) is 0 Å². The number of benzene rings is 2. The Balaban J connectivity index is 2.60. The third kappa shape index (κ3) is 4.60. The van der Waals surface area contributed by atoms with Gasteiger partial charge in [-0.25, -0.2) is 0 Å². The summed E-state index contributed by atoms with van der Waals surface area (Å²) in [5, 5.41) is 0. The van der Waals surface area contributed by atoms with E-state index in [0.717, 1.165) is 10.0 Å².